The predicted octanol–water partition coefficient (Wildman–Crippen LogP) is 5.66. The molecule has 2 heterocycles. The van der Waals surface area contributed by atoms with Crippen molar-refractivity contribution in [2.24, 2.45) is 5.92 Å². The minimum Gasteiger partial charge on any atom is -0.444 e. The second kappa shape index (κ2) is 10.9. The number of carbonyl (C=O) groups is 1. The lowest BCUT2D eigenvalue weighted by Crippen LogP contribution is -2.49. The van der Waals surface area contributed by atoms with Crippen molar-refractivity contribution in [3.05, 3.63) is 35.9 Å². The van der Waals surface area contributed by atoms with Gasteiger partial charge in [0.1, 0.15) is 5.60 Å². The molecule has 3 rings (SSSR count). The van der Waals surface area contributed by atoms with Crippen LogP contribution in [0.1, 0.15) is 66.4 Å². The molecule has 0 radical (unpaired) electrons. The van der Waals surface area contributed by atoms with E-state index in [-0.39, 0.29) is 29.2 Å². The Morgan fingerprint density at radius 1 is 1.09 bits per heavy atom. The van der Waals surface area contributed by atoms with Crippen LogP contribution in [-0.4, -0.2) is 72.8 Å². The zero-order valence-electron chi connectivity index (χ0n) is 23.2. The van der Waals surface area contributed by atoms with Crippen molar-refractivity contribution < 1.29 is 19.1 Å². The average molecular weight is 505 g/mol. The molecule has 0 aliphatic carbocycles. The van der Waals surface area contributed by atoms with Crippen molar-refractivity contribution in [1.82, 2.24) is 9.80 Å². The number of aliphatic hydroxyl groups excluding tert-OH is 1. The fourth-order valence-corrected chi connectivity index (χ4v) is 6.33. The Hall–Kier alpha value is -1.41. The molecule has 1 aromatic carbocycles. The molecule has 7 heteroatoms. The number of hydrogen-bond acceptors (Lipinski definition) is 5. The lowest BCUT2D eigenvalue weighted by Gasteiger charge is -2.38. The van der Waals surface area contributed by atoms with Gasteiger partial charge in [0, 0.05) is 13.1 Å². The summed E-state index contributed by atoms with van der Waals surface area (Å²) in [6, 6.07) is 10.3. The number of likely N-dealkylation sites (tertiary alicyclic amines) is 2. The lowest BCUT2D eigenvalue weighted by molar-refractivity contribution is -0.0184. The Kier molecular flexibility index (Phi) is 8.78. The van der Waals surface area contributed by atoms with Crippen molar-refractivity contribution in [3.63, 3.8) is 0 Å². The van der Waals surface area contributed by atoms with E-state index in [0.29, 0.717) is 13.0 Å². The molecule has 0 spiro atoms. The van der Waals surface area contributed by atoms with Gasteiger partial charge >= 0.3 is 6.09 Å². The van der Waals surface area contributed by atoms with Crippen molar-refractivity contribution in [2.45, 2.75) is 109 Å². The van der Waals surface area contributed by atoms with Crippen molar-refractivity contribution in [2.75, 3.05) is 19.6 Å². The Morgan fingerprint density at radius 3 is 2.23 bits per heavy atom. The number of aliphatic hydroxyl groups is 1. The first kappa shape index (κ1) is 28.2. The molecule has 2 aliphatic rings. The summed E-state index contributed by atoms with van der Waals surface area (Å²) in [4.78, 5) is 17.4. The highest BCUT2D eigenvalue weighted by atomic mass is 28.4. The van der Waals surface area contributed by atoms with Crippen LogP contribution in [0.5, 0.6) is 0 Å². The fourth-order valence-electron chi connectivity index (χ4n) is 4.97. The third kappa shape index (κ3) is 7.54. The summed E-state index contributed by atoms with van der Waals surface area (Å²) in [5.41, 5.74) is 0.748. The van der Waals surface area contributed by atoms with Crippen LogP contribution in [0.25, 0.3) is 0 Å². The second-order valence-corrected chi connectivity index (χ2v) is 17.8. The molecule has 198 valence electrons. The van der Waals surface area contributed by atoms with Crippen LogP contribution < -0.4 is 0 Å². The maximum Gasteiger partial charge on any atom is 0.410 e. The zero-order valence-corrected chi connectivity index (χ0v) is 24.2. The second-order valence-electron chi connectivity index (χ2n) is 13.0. The first-order valence-corrected chi connectivity index (χ1v) is 16.2. The number of piperidine rings is 1. The van der Waals surface area contributed by atoms with E-state index in [1.54, 1.807) is 4.90 Å². The van der Waals surface area contributed by atoms with Gasteiger partial charge < -0.3 is 14.3 Å². The predicted molar refractivity (Wildman–Crippen MR) is 144 cm³/mol. The zero-order chi connectivity index (χ0) is 26.0. The van der Waals surface area contributed by atoms with Crippen LogP contribution in [-0.2, 0) is 15.7 Å². The van der Waals surface area contributed by atoms with Gasteiger partial charge in [0.2, 0.25) is 0 Å². The Morgan fingerprint density at radius 2 is 1.69 bits per heavy atom. The van der Waals surface area contributed by atoms with E-state index in [1.165, 1.54) is 5.56 Å². The summed E-state index contributed by atoms with van der Waals surface area (Å²) in [6.07, 6.45) is 1.54. The Bertz CT molecular complexity index is 826. The highest BCUT2D eigenvalue weighted by Crippen LogP contribution is 2.40. The van der Waals surface area contributed by atoms with Crippen LogP contribution >= 0.6 is 0 Å². The van der Waals surface area contributed by atoms with E-state index >= 15 is 0 Å². The number of rotatable bonds is 6. The maximum absolute atomic E-state index is 13.2. The smallest absolute Gasteiger partial charge is 0.410 e. The van der Waals surface area contributed by atoms with Gasteiger partial charge in [0.05, 0.1) is 18.2 Å². The summed E-state index contributed by atoms with van der Waals surface area (Å²) in [5, 5.41) is 11.6. The molecular weight excluding hydrogens is 456 g/mol. The third-order valence-electron chi connectivity index (χ3n) is 7.96. The lowest BCUT2D eigenvalue weighted by atomic mass is 9.86. The van der Waals surface area contributed by atoms with Gasteiger partial charge in [-0.2, -0.15) is 0 Å². The van der Waals surface area contributed by atoms with E-state index in [4.69, 9.17) is 9.16 Å². The monoisotopic (exact) mass is 504 g/mol. The summed E-state index contributed by atoms with van der Waals surface area (Å²) >= 11 is 0. The SMILES string of the molecule is CC(C)(C)OC(=O)N1C[C@H](O[Si](C)(C)C(C)(C)C)C[C@H]1C(O)C1CCN(Cc2ccccc2)CC1. The third-order valence-corrected chi connectivity index (χ3v) is 12.5. The topological polar surface area (TPSA) is 62.2 Å². The molecule has 3 atom stereocenters. The normalized spacial score (nSPS) is 24.0. The molecule has 0 aromatic heterocycles. The largest absolute Gasteiger partial charge is 0.444 e. The van der Waals surface area contributed by atoms with Gasteiger partial charge in [-0.05, 0) is 82.7 Å². The van der Waals surface area contributed by atoms with Gasteiger partial charge in [0.15, 0.2) is 8.32 Å². The van der Waals surface area contributed by atoms with Crippen LogP contribution in [0.3, 0.4) is 0 Å². The molecule has 0 bridgehead atoms. The number of amides is 1. The summed E-state index contributed by atoms with van der Waals surface area (Å²) in [7, 11) is -2.00. The average Bonchev–Trinajstić information content (AvgIpc) is 3.16. The van der Waals surface area contributed by atoms with E-state index in [1.807, 2.05) is 26.8 Å². The molecule has 2 aliphatic heterocycles. The quantitative estimate of drug-likeness (QED) is 0.507. The highest BCUT2D eigenvalue weighted by Gasteiger charge is 2.47. The van der Waals surface area contributed by atoms with Gasteiger partial charge in [-0.15, -0.1) is 0 Å². The Balaban J connectivity index is 1.67. The number of benzene rings is 1. The summed E-state index contributed by atoms with van der Waals surface area (Å²) in [5.74, 6) is 0.170. The van der Waals surface area contributed by atoms with Gasteiger partial charge in [-0.3, -0.25) is 9.80 Å². The molecule has 1 N–H and O–H groups in total. The summed E-state index contributed by atoms with van der Waals surface area (Å²) in [6.45, 7) is 20.2. The van der Waals surface area contributed by atoms with E-state index < -0.39 is 20.0 Å². The maximum atomic E-state index is 13.2. The molecule has 1 aromatic rings. The van der Waals surface area contributed by atoms with Gasteiger partial charge in [-0.1, -0.05) is 51.1 Å². The Labute approximate surface area is 214 Å². The highest BCUT2D eigenvalue weighted by molar-refractivity contribution is 6.74. The molecule has 1 amide bonds. The first-order chi connectivity index (χ1) is 16.2. The van der Waals surface area contributed by atoms with Crippen LogP contribution in [0.2, 0.25) is 18.1 Å². The molecule has 2 fully saturated rings. The minimum absolute atomic E-state index is 0.0683. The summed E-state index contributed by atoms with van der Waals surface area (Å²) < 4.78 is 12.4. The van der Waals surface area contributed by atoms with Crippen LogP contribution in [0.15, 0.2) is 30.3 Å². The molecule has 6 nitrogen and oxygen atoms in total. The first-order valence-electron chi connectivity index (χ1n) is 13.3. The van der Waals surface area contributed by atoms with E-state index in [9.17, 15) is 9.90 Å². The van der Waals surface area contributed by atoms with Gasteiger partial charge in [0.25, 0.3) is 0 Å². The van der Waals surface area contributed by atoms with E-state index in [0.717, 1.165) is 32.5 Å². The molecule has 35 heavy (non-hydrogen) atoms. The standard InChI is InChI=1S/C28H48N2O4Si/c1-27(2,3)33-26(32)30-20-23(34-35(7,8)28(4,5)6)18-24(30)25(31)22-14-16-29(17-15-22)19-21-12-10-9-11-13-21/h9-13,22-25,31H,14-20H2,1-8H3/t23-,24+,25?/m1/s1. The number of ether oxygens (including phenoxy) is 1. The van der Waals surface area contributed by atoms with Gasteiger partial charge in [-0.25, -0.2) is 4.79 Å². The molecular formula is C28H48N2O4Si. The van der Waals surface area contributed by atoms with Crippen molar-refractivity contribution >= 4 is 14.4 Å². The number of carbonyl (C=O) groups excluding carboxylic acids is 1. The van der Waals surface area contributed by atoms with Crippen molar-refractivity contribution in [1.29, 1.82) is 0 Å². The fraction of sp³-hybridized carbons (Fsp3) is 0.750. The number of hydrogen-bond donors (Lipinski definition) is 1. The number of nitrogens with zero attached hydrogens (tertiary/aromatic N) is 2. The molecule has 1 unspecified atom stereocenters. The van der Waals surface area contributed by atoms with Crippen molar-refractivity contribution in [3.8, 4) is 0 Å². The minimum atomic E-state index is -2.00. The van der Waals surface area contributed by atoms with Crippen LogP contribution in [0, 0.1) is 5.92 Å². The van der Waals surface area contributed by atoms with E-state index in [2.05, 4.69) is 63.0 Å². The molecule has 0 saturated carbocycles. The molecule has 2 saturated heterocycles. The van der Waals surface area contributed by atoms with Crippen LogP contribution in [0.4, 0.5) is 4.79 Å².